The first-order chi connectivity index (χ1) is 11.5. The molecule has 24 heavy (non-hydrogen) atoms. The van der Waals surface area contributed by atoms with Crippen molar-refractivity contribution in [1.82, 2.24) is 9.97 Å². The monoisotopic (exact) mass is 328 g/mol. The zero-order valence-corrected chi connectivity index (χ0v) is 14.6. The van der Waals surface area contributed by atoms with E-state index < -0.39 is 0 Å². The molecule has 2 N–H and O–H groups in total. The number of rotatable bonds is 7. The van der Waals surface area contributed by atoms with Gasteiger partial charge in [-0.25, -0.2) is 9.97 Å². The van der Waals surface area contributed by atoms with Crippen LogP contribution in [0, 0.1) is 13.8 Å². The number of anilines is 2. The molecule has 1 aromatic heterocycles. The first kappa shape index (κ1) is 17.7. The number of unbranched alkanes of at least 4 members (excludes halogenated alkanes) is 1. The Kier molecular flexibility index (Phi) is 6.12. The van der Waals surface area contributed by atoms with Crippen LogP contribution in [0.3, 0.4) is 0 Å². The zero-order chi connectivity index (χ0) is 17.5. The highest BCUT2D eigenvalue weighted by molar-refractivity contribution is 6.04. The summed E-state index contributed by atoms with van der Waals surface area (Å²) < 4.78 is 5.29. The van der Waals surface area contributed by atoms with Crippen molar-refractivity contribution in [2.45, 2.75) is 33.6 Å². The average Bonchev–Trinajstić information content (AvgIpc) is 2.55. The number of nitrogens with zero attached hydrogens (tertiary/aromatic N) is 2. The summed E-state index contributed by atoms with van der Waals surface area (Å²) in [5, 5.41) is 6.01. The average molecular weight is 328 g/mol. The lowest BCUT2D eigenvalue weighted by Gasteiger charge is -2.12. The van der Waals surface area contributed by atoms with E-state index in [0.29, 0.717) is 23.1 Å². The van der Waals surface area contributed by atoms with Crippen LogP contribution in [0.5, 0.6) is 5.75 Å². The number of aromatic nitrogens is 2. The normalized spacial score (nSPS) is 10.3. The van der Waals surface area contributed by atoms with Crippen molar-refractivity contribution in [3.63, 3.8) is 0 Å². The highest BCUT2D eigenvalue weighted by Gasteiger charge is 2.13. The van der Waals surface area contributed by atoms with Crippen LogP contribution in [0.2, 0.25) is 0 Å². The van der Waals surface area contributed by atoms with Gasteiger partial charge in [-0.2, -0.15) is 0 Å². The van der Waals surface area contributed by atoms with Gasteiger partial charge in [-0.15, -0.1) is 0 Å². The van der Waals surface area contributed by atoms with Gasteiger partial charge in [0.05, 0.1) is 12.8 Å². The molecule has 0 aliphatic carbocycles. The van der Waals surface area contributed by atoms with Crippen LogP contribution in [-0.2, 0) is 0 Å². The van der Waals surface area contributed by atoms with Crippen molar-refractivity contribution in [1.29, 1.82) is 0 Å². The summed E-state index contributed by atoms with van der Waals surface area (Å²) in [6.45, 7) is 6.70. The van der Waals surface area contributed by atoms with E-state index >= 15 is 0 Å². The molecule has 0 bridgehead atoms. The largest absolute Gasteiger partial charge is 0.495 e. The molecule has 128 valence electrons. The molecule has 6 nitrogen and oxygen atoms in total. The number of nitrogens with one attached hydrogen (secondary N) is 2. The van der Waals surface area contributed by atoms with Crippen LogP contribution in [0.1, 0.15) is 41.5 Å². The third-order valence-corrected chi connectivity index (χ3v) is 3.50. The van der Waals surface area contributed by atoms with Gasteiger partial charge in [0, 0.05) is 12.2 Å². The van der Waals surface area contributed by atoms with E-state index in [1.165, 1.54) is 0 Å². The fraction of sp³-hybridized carbons (Fsp3) is 0.389. The van der Waals surface area contributed by atoms with Gasteiger partial charge in [0.15, 0.2) is 0 Å². The van der Waals surface area contributed by atoms with Crippen LogP contribution in [-0.4, -0.2) is 29.5 Å². The van der Waals surface area contributed by atoms with Gasteiger partial charge in [0.1, 0.15) is 11.4 Å². The van der Waals surface area contributed by atoms with E-state index in [0.717, 1.165) is 30.6 Å². The summed E-state index contributed by atoms with van der Waals surface area (Å²) in [4.78, 5) is 21.2. The second-order valence-corrected chi connectivity index (χ2v) is 5.66. The quantitative estimate of drug-likeness (QED) is 0.760. The van der Waals surface area contributed by atoms with Crippen molar-refractivity contribution in [3.05, 3.63) is 41.2 Å². The van der Waals surface area contributed by atoms with E-state index in [4.69, 9.17) is 4.74 Å². The van der Waals surface area contributed by atoms with Crippen molar-refractivity contribution in [3.8, 4) is 5.75 Å². The molecule has 0 unspecified atom stereocenters. The Morgan fingerprint density at radius 3 is 2.71 bits per heavy atom. The molecule has 6 heteroatoms. The lowest BCUT2D eigenvalue weighted by Crippen LogP contribution is -2.17. The number of ether oxygens (including phenoxy) is 1. The third-order valence-electron chi connectivity index (χ3n) is 3.50. The fourth-order valence-electron chi connectivity index (χ4n) is 2.25. The second-order valence-electron chi connectivity index (χ2n) is 5.66. The smallest absolute Gasteiger partial charge is 0.274 e. The minimum Gasteiger partial charge on any atom is -0.495 e. The fourth-order valence-corrected chi connectivity index (χ4v) is 2.25. The standard InChI is InChI=1S/C18H24N4O2/c1-5-6-9-19-18-20-13(3)11-15(22-18)17(23)21-14-10-12(2)7-8-16(14)24-4/h7-8,10-11H,5-6,9H2,1-4H3,(H,21,23)(H,19,20,22). The van der Waals surface area contributed by atoms with E-state index in [1.54, 1.807) is 13.2 Å². The first-order valence-corrected chi connectivity index (χ1v) is 8.09. The minimum absolute atomic E-state index is 0.289. The van der Waals surface area contributed by atoms with Gasteiger partial charge in [-0.3, -0.25) is 4.79 Å². The summed E-state index contributed by atoms with van der Waals surface area (Å²) >= 11 is 0. The minimum atomic E-state index is -0.289. The highest BCUT2D eigenvalue weighted by Crippen LogP contribution is 2.25. The zero-order valence-electron chi connectivity index (χ0n) is 14.6. The van der Waals surface area contributed by atoms with Crippen LogP contribution in [0.4, 0.5) is 11.6 Å². The molecule has 0 fully saturated rings. The number of carbonyl (C=O) groups excluding carboxylic acids is 1. The Hall–Kier alpha value is -2.63. The third kappa shape index (κ3) is 4.68. The molecule has 2 aromatic rings. The van der Waals surface area contributed by atoms with Gasteiger partial charge in [0.25, 0.3) is 5.91 Å². The molecule has 0 aliphatic rings. The summed E-state index contributed by atoms with van der Waals surface area (Å²) in [7, 11) is 1.57. The number of carbonyl (C=O) groups is 1. The van der Waals surface area contributed by atoms with Crippen LogP contribution < -0.4 is 15.4 Å². The van der Waals surface area contributed by atoms with E-state index in [2.05, 4.69) is 27.5 Å². The Morgan fingerprint density at radius 1 is 1.21 bits per heavy atom. The van der Waals surface area contributed by atoms with Crippen LogP contribution in [0.25, 0.3) is 0 Å². The van der Waals surface area contributed by atoms with Crippen molar-refractivity contribution < 1.29 is 9.53 Å². The number of aryl methyl sites for hydroxylation is 2. The van der Waals surface area contributed by atoms with E-state index in [-0.39, 0.29) is 5.91 Å². The summed E-state index contributed by atoms with van der Waals surface area (Å²) in [5.74, 6) is 0.800. The molecule has 0 radical (unpaired) electrons. The van der Waals surface area contributed by atoms with Crippen molar-refractivity contribution >= 4 is 17.5 Å². The second kappa shape index (κ2) is 8.29. The maximum Gasteiger partial charge on any atom is 0.274 e. The Bertz CT molecular complexity index is 716. The van der Waals surface area contributed by atoms with Gasteiger partial charge < -0.3 is 15.4 Å². The predicted octanol–water partition coefficient (Wildman–Crippen LogP) is 3.57. The molecular weight excluding hydrogens is 304 g/mol. The topological polar surface area (TPSA) is 76.1 Å². The van der Waals surface area contributed by atoms with Gasteiger partial charge in [-0.05, 0) is 44.0 Å². The van der Waals surface area contributed by atoms with Crippen molar-refractivity contribution in [2.24, 2.45) is 0 Å². The van der Waals surface area contributed by atoms with Crippen LogP contribution in [0.15, 0.2) is 24.3 Å². The molecular formula is C18H24N4O2. The van der Waals surface area contributed by atoms with Gasteiger partial charge in [-0.1, -0.05) is 19.4 Å². The van der Waals surface area contributed by atoms with Crippen LogP contribution >= 0.6 is 0 Å². The highest BCUT2D eigenvalue weighted by atomic mass is 16.5. The number of amides is 1. The predicted molar refractivity (Wildman–Crippen MR) is 95.9 cm³/mol. The molecule has 1 aromatic carbocycles. The molecule has 0 saturated heterocycles. The van der Waals surface area contributed by atoms with E-state index in [1.807, 2.05) is 32.0 Å². The maximum atomic E-state index is 12.5. The lowest BCUT2D eigenvalue weighted by molar-refractivity contribution is 0.102. The number of hydrogen-bond acceptors (Lipinski definition) is 5. The lowest BCUT2D eigenvalue weighted by atomic mass is 10.2. The molecule has 0 aliphatic heterocycles. The SMILES string of the molecule is CCCCNc1nc(C)cc(C(=O)Nc2cc(C)ccc2OC)n1. The molecule has 1 heterocycles. The summed E-state index contributed by atoms with van der Waals surface area (Å²) in [5.41, 5.74) is 2.72. The summed E-state index contributed by atoms with van der Waals surface area (Å²) in [6.07, 6.45) is 2.11. The molecule has 0 atom stereocenters. The molecule has 0 spiro atoms. The molecule has 2 rings (SSSR count). The van der Waals surface area contributed by atoms with E-state index in [9.17, 15) is 4.79 Å². The molecule has 0 saturated carbocycles. The van der Waals surface area contributed by atoms with Gasteiger partial charge >= 0.3 is 0 Å². The maximum absolute atomic E-state index is 12.5. The Balaban J connectivity index is 2.19. The number of benzene rings is 1. The summed E-state index contributed by atoms with van der Waals surface area (Å²) in [6, 6.07) is 7.29. The van der Waals surface area contributed by atoms with Crippen molar-refractivity contribution in [2.75, 3.05) is 24.3 Å². The first-order valence-electron chi connectivity index (χ1n) is 8.09. The number of methoxy groups -OCH3 is 1. The Morgan fingerprint density at radius 2 is 2.00 bits per heavy atom. The number of hydrogen-bond donors (Lipinski definition) is 2. The molecule has 1 amide bonds. The Labute approximate surface area is 142 Å². The van der Waals surface area contributed by atoms with Gasteiger partial charge in [0.2, 0.25) is 5.95 Å².